The predicted molar refractivity (Wildman–Crippen MR) is 70.4 cm³/mol. The molecule has 0 aliphatic carbocycles. The van der Waals surface area contributed by atoms with E-state index in [1.54, 1.807) is 22.8 Å². The number of fused-ring (bicyclic) bond motifs is 1. The fraction of sp³-hybridized carbons (Fsp3) is 0.0769. The van der Waals surface area contributed by atoms with Crippen molar-refractivity contribution in [1.29, 1.82) is 0 Å². The SMILES string of the molecule is Cc1cc(S)n2ncc(-c3ccc(F)cc3)c2n1. The van der Waals surface area contributed by atoms with Crippen LogP contribution in [-0.2, 0) is 0 Å². The highest BCUT2D eigenvalue weighted by atomic mass is 32.1. The molecule has 0 saturated heterocycles. The Morgan fingerprint density at radius 3 is 2.67 bits per heavy atom. The van der Waals surface area contributed by atoms with Crippen LogP contribution >= 0.6 is 12.6 Å². The molecule has 0 aliphatic rings. The first-order chi connectivity index (χ1) is 8.65. The van der Waals surface area contributed by atoms with E-state index in [9.17, 15) is 4.39 Å². The first-order valence-corrected chi connectivity index (χ1v) is 5.90. The zero-order valence-corrected chi connectivity index (χ0v) is 10.5. The Bertz CT molecular complexity index is 719. The second-order valence-corrected chi connectivity index (χ2v) is 4.51. The number of aromatic nitrogens is 3. The van der Waals surface area contributed by atoms with Crippen LogP contribution in [-0.4, -0.2) is 14.6 Å². The van der Waals surface area contributed by atoms with E-state index in [0.717, 1.165) is 27.5 Å². The van der Waals surface area contributed by atoms with E-state index in [-0.39, 0.29) is 5.82 Å². The molecule has 0 unspecified atom stereocenters. The Morgan fingerprint density at radius 1 is 1.22 bits per heavy atom. The number of nitrogens with zero attached hydrogens (tertiary/aromatic N) is 3. The summed E-state index contributed by atoms with van der Waals surface area (Å²) >= 11 is 4.36. The van der Waals surface area contributed by atoms with Gasteiger partial charge in [-0.15, -0.1) is 12.6 Å². The zero-order valence-electron chi connectivity index (χ0n) is 9.63. The standard InChI is InChI=1S/C13H10FN3S/c1-8-6-12(18)17-13(16-8)11(7-15-17)9-2-4-10(14)5-3-9/h2-7,18H,1H3. The number of halogens is 1. The molecule has 3 nitrogen and oxygen atoms in total. The molecule has 0 bridgehead atoms. The van der Waals surface area contributed by atoms with Gasteiger partial charge < -0.3 is 0 Å². The Hall–Kier alpha value is -1.88. The molecular weight excluding hydrogens is 249 g/mol. The van der Waals surface area contributed by atoms with Crippen molar-refractivity contribution >= 4 is 18.3 Å². The van der Waals surface area contributed by atoms with Crippen molar-refractivity contribution < 1.29 is 4.39 Å². The van der Waals surface area contributed by atoms with Crippen molar-refractivity contribution in [2.75, 3.05) is 0 Å². The smallest absolute Gasteiger partial charge is 0.164 e. The van der Waals surface area contributed by atoms with Gasteiger partial charge in [-0.05, 0) is 30.7 Å². The molecule has 0 spiro atoms. The quantitative estimate of drug-likeness (QED) is 0.537. The number of aryl methyl sites for hydroxylation is 1. The summed E-state index contributed by atoms with van der Waals surface area (Å²) in [6.45, 7) is 1.90. The second kappa shape index (κ2) is 4.10. The van der Waals surface area contributed by atoms with Gasteiger partial charge in [-0.2, -0.15) is 5.10 Å². The average Bonchev–Trinajstić information content (AvgIpc) is 2.74. The molecule has 0 amide bonds. The minimum absolute atomic E-state index is 0.255. The van der Waals surface area contributed by atoms with Gasteiger partial charge in [-0.3, -0.25) is 0 Å². The van der Waals surface area contributed by atoms with E-state index in [1.807, 2.05) is 13.0 Å². The van der Waals surface area contributed by atoms with Crippen molar-refractivity contribution in [1.82, 2.24) is 14.6 Å². The lowest BCUT2D eigenvalue weighted by molar-refractivity contribution is 0.628. The normalized spacial score (nSPS) is 11.1. The number of rotatable bonds is 1. The maximum atomic E-state index is 12.9. The summed E-state index contributed by atoms with van der Waals surface area (Å²) < 4.78 is 14.6. The summed E-state index contributed by atoms with van der Waals surface area (Å²) in [5.74, 6) is -0.255. The van der Waals surface area contributed by atoms with Crippen LogP contribution in [0.3, 0.4) is 0 Å². The molecule has 18 heavy (non-hydrogen) atoms. The van der Waals surface area contributed by atoms with E-state index < -0.39 is 0 Å². The monoisotopic (exact) mass is 259 g/mol. The minimum Gasteiger partial charge on any atom is -0.233 e. The van der Waals surface area contributed by atoms with Crippen LogP contribution in [0.1, 0.15) is 5.69 Å². The third-order valence-corrected chi connectivity index (χ3v) is 3.05. The van der Waals surface area contributed by atoms with Gasteiger partial charge in [-0.1, -0.05) is 12.1 Å². The highest BCUT2D eigenvalue weighted by molar-refractivity contribution is 7.80. The number of thiol groups is 1. The summed E-state index contributed by atoms with van der Waals surface area (Å²) in [6, 6.07) is 8.13. The van der Waals surface area contributed by atoms with Crippen molar-refractivity contribution in [2.45, 2.75) is 11.9 Å². The van der Waals surface area contributed by atoms with Crippen molar-refractivity contribution in [3.05, 3.63) is 48.0 Å². The highest BCUT2D eigenvalue weighted by Crippen LogP contribution is 2.25. The van der Waals surface area contributed by atoms with Crippen molar-refractivity contribution in [2.24, 2.45) is 0 Å². The van der Waals surface area contributed by atoms with Gasteiger partial charge in [0.15, 0.2) is 5.65 Å². The van der Waals surface area contributed by atoms with E-state index in [0.29, 0.717) is 0 Å². The Morgan fingerprint density at radius 2 is 1.94 bits per heavy atom. The Balaban J connectivity index is 2.27. The third kappa shape index (κ3) is 1.76. The summed E-state index contributed by atoms with van der Waals surface area (Å²) in [6.07, 6.45) is 1.72. The molecule has 2 heterocycles. The third-order valence-electron chi connectivity index (χ3n) is 2.74. The molecular formula is C13H10FN3S. The summed E-state index contributed by atoms with van der Waals surface area (Å²) in [5.41, 5.74) is 3.36. The fourth-order valence-electron chi connectivity index (χ4n) is 1.90. The van der Waals surface area contributed by atoms with Gasteiger partial charge in [0.2, 0.25) is 0 Å². The summed E-state index contributed by atoms with van der Waals surface area (Å²) in [4.78, 5) is 4.45. The van der Waals surface area contributed by atoms with Gasteiger partial charge in [0, 0.05) is 11.3 Å². The van der Waals surface area contributed by atoms with Crippen molar-refractivity contribution in [3.8, 4) is 11.1 Å². The van der Waals surface area contributed by atoms with Crippen LogP contribution in [0.15, 0.2) is 41.6 Å². The van der Waals surface area contributed by atoms with E-state index in [4.69, 9.17) is 0 Å². The van der Waals surface area contributed by atoms with Crippen LogP contribution in [0, 0.1) is 12.7 Å². The number of hydrogen-bond donors (Lipinski definition) is 1. The zero-order chi connectivity index (χ0) is 12.7. The van der Waals surface area contributed by atoms with Crippen LogP contribution in [0.5, 0.6) is 0 Å². The number of hydrogen-bond acceptors (Lipinski definition) is 3. The molecule has 0 fully saturated rings. The Kier molecular flexibility index (Phi) is 2.56. The molecule has 1 aromatic carbocycles. The van der Waals surface area contributed by atoms with Crippen LogP contribution < -0.4 is 0 Å². The molecule has 3 rings (SSSR count). The predicted octanol–water partition coefficient (Wildman–Crippen LogP) is 3.13. The van der Waals surface area contributed by atoms with Crippen LogP contribution in [0.2, 0.25) is 0 Å². The second-order valence-electron chi connectivity index (χ2n) is 4.06. The lowest BCUT2D eigenvalue weighted by Crippen LogP contribution is -1.95. The maximum absolute atomic E-state index is 12.9. The summed E-state index contributed by atoms with van der Waals surface area (Å²) in [5, 5.41) is 4.97. The highest BCUT2D eigenvalue weighted by Gasteiger charge is 2.10. The van der Waals surface area contributed by atoms with E-state index >= 15 is 0 Å². The van der Waals surface area contributed by atoms with Crippen LogP contribution in [0.4, 0.5) is 4.39 Å². The Labute approximate surface area is 109 Å². The average molecular weight is 259 g/mol. The van der Waals surface area contributed by atoms with Crippen LogP contribution in [0.25, 0.3) is 16.8 Å². The topological polar surface area (TPSA) is 30.2 Å². The molecule has 0 atom stereocenters. The minimum atomic E-state index is -0.255. The van der Waals surface area contributed by atoms with Gasteiger partial charge in [0.05, 0.1) is 11.2 Å². The lowest BCUT2D eigenvalue weighted by atomic mass is 10.1. The maximum Gasteiger partial charge on any atom is 0.164 e. The largest absolute Gasteiger partial charge is 0.233 e. The van der Waals surface area contributed by atoms with E-state index in [2.05, 4.69) is 22.7 Å². The summed E-state index contributed by atoms with van der Waals surface area (Å²) in [7, 11) is 0. The molecule has 5 heteroatoms. The molecule has 0 N–H and O–H groups in total. The number of benzene rings is 1. The van der Waals surface area contributed by atoms with Gasteiger partial charge in [0.25, 0.3) is 0 Å². The molecule has 2 aromatic heterocycles. The molecule has 0 saturated carbocycles. The van der Waals surface area contributed by atoms with Crippen molar-refractivity contribution in [3.63, 3.8) is 0 Å². The van der Waals surface area contributed by atoms with Gasteiger partial charge in [-0.25, -0.2) is 13.9 Å². The molecule has 3 aromatic rings. The van der Waals surface area contributed by atoms with Gasteiger partial charge >= 0.3 is 0 Å². The van der Waals surface area contributed by atoms with Gasteiger partial charge in [0.1, 0.15) is 5.82 Å². The first kappa shape index (κ1) is 11.2. The molecule has 90 valence electrons. The fourth-order valence-corrected chi connectivity index (χ4v) is 2.23. The molecule has 0 radical (unpaired) electrons. The molecule has 0 aliphatic heterocycles. The lowest BCUT2D eigenvalue weighted by Gasteiger charge is -2.02. The first-order valence-electron chi connectivity index (χ1n) is 5.45. The van der Waals surface area contributed by atoms with E-state index in [1.165, 1.54) is 12.1 Å².